The number of benzene rings is 1. The minimum absolute atomic E-state index is 0.0491. The number of pyridine rings is 1. The summed E-state index contributed by atoms with van der Waals surface area (Å²) >= 11 is 0. The van der Waals surface area contributed by atoms with E-state index in [1.54, 1.807) is 25.1 Å². The maximum Gasteiger partial charge on any atom is 0.422 e. The average molecular weight is 424 g/mol. The van der Waals surface area contributed by atoms with Gasteiger partial charge in [-0.1, -0.05) is 19.1 Å². The number of alkyl halides is 3. The van der Waals surface area contributed by atoms with E-state index in [0.717, 1.165) is 0 Å². The van der Waals surface area contributed by atoms with Crippen molar-refractivity contribution in [3.8, 4) is 16.9 Å². The minimum atomic E-state index is -4.59. The zero-order chi connectivity index (χ0) is 22.1. The van der Waals surface area contributed by atoms with Crippen molar-refractivity contribution in [2.45, 2.75) is 26.4 Å². The highest BCUT2D eigenvalue weighted by atomic mass is 19.4. The highest BCUT2D eigenvalue weighted by Crippen LogP contribution is 2.37. The van der Waals surface area contributed by atoms with E-state index < -0.39 is 24.6 Å². The molecule has 0 bridgehead atoms. The maximum absolute atomic E-state index is 13.3. The van der Waals surface area contributed by atoms with Crippen molar-refractivity contribution in [3.05, 3.63) is 47.5 Å². The number of rotatable bonds is 6. The number of aryl methyl sites for hydroxylation is 2. The summed E-state index contributed by atoms with van der Waals surface area (Å²) in [5.41, 5.74) is 2.04. The number of carbonyl (C=O) groups is 1. The van der Waals surface area contributed by atoms with Crippen LogP contribution in [0.1, 0.15) is 30.0 Å². The first-order valence-corrected chi connectivity index (χ1v) is 9.31. The van der Waals surface area contributed by atoms with E-state index in [2.05, 4.69) is 4.98 Å². The van der Waals surface area contributed by atoms with Crippen molar-refractivity contribution in [2.24, 2.45) is 7.05 Å². The monoisotopic (exact) mass is 424 g/mol. The molecular weight excluding hydrogens is 404 g/mol. The second-order valence-electron chi connectivity index (χ2n) is 6.58. The number of aromatic nitrogens is 2. The van der Waals surface area contributed by atoms with Gasteiger partial charge < -0.3 is 14.0 Å². The van der Waals surface area contributed by atoms with E-state index in [1.165, 1.54) is 23.7 Å². The van der Waals surface area contributed by atoms with Gasteiger partial charge >= 0.3 is 12.1 Å². The first kappa shape index (κ1) is 21.6. The van der Waals surface area contributed by atoms with Gasteiger partial charge in [0.05, 0.1) is 17.7 Å². The SMILES string of the molecule is CCOC(=O)c1c(OCC(F)(F)F)c2cc(-c3ccc(F)cc3)c(CC)nc2n1C. The second kappa shape index (κ2) is 8.33. The van der Waals surface area contributed by atoms with Crippen LogP contribution in [0, 0.1) is 5.82 Å². The third-order valence-corrected chi connectivity index (χ3v) is 4.53. The quantitative estimate of drug-likeness (QED) is 0.410. The molecule has 160 valence electrons. The molecule has 3 rings (SSSR count). The zero-order valence-electron chi connectivity index (χ0n) is 16.6. The lowest BCUT2D eigenvalue weighted by atomic mass is 10.0. The smallest absolute Gasteiger partial charge is 0.422 e. The van der Waals surface area contributed by atoms with Crippen molar-refractivity contribution in [1.29, 1.82) is 0 Å². The largest absolute Gasteiger partial charge is 0.481 e. The van der Waals surface area contributed by atoms with Crippen LogP contribution in [0.2, 0.25) is 0 Å². The molecule has 0 aliphatic rings. The van der Waals surface area contributed by atoms with Gasteiger partial charge in [0.15, 0.2) is 18.1 Å². The summed E-state index contributed by atoms with van der Waals surface area (Å²) in [6.45, 7) is 1.95. The van der Waals surface area contributed by atoms with Crippen LogP contribution in [0.3, 0.4) is 0 Å². The molecule has 0 unspecified atom stereocenters. The Morgan fingerprint density at radius 3 is 2.40 bits per heavy atom. The zero-order valence-corrected chi connectivity index (χ0v) is 16.6. The van der Waals surface area contributed by atoms with E-state index in [-0.39, 0.29) is 29.1 Å². The Morgan fingerprint density at radius 2 is 1.83 bits per heavy atom. The highest BCUT2D eigenvalue weighted by molar-refractivity contribution is 6.02. The van der Waals surface area contributed by atoms with Gasteiger partial charge in [-0.25, -0.2) is 14.2 Å². The van der Waals surface area contributed by atoms with Crippen LogP contribution in [-0.4, -0.2) is 34.9 Å². The van der Waals surface area contributed by atoms with Crippen LogP contribution < -0.4 is 4.74 Å². The number of halogens is 4. The van der Waals surface area contributed by atoms with Gasteiger partial charge in [-0.2, -0.15) is 13.2 Å². The molecule has 0 spiro atoms. The van der Waals surface area contributed by atoms with Crippen molar-refractivity contribution < 1.29 is 31.8 Å². The molecule has 1 aromatic carbocycles. The van der Waals surface area contributed by atoms with E-state index in [0.29, 0.717) is 23.2 Å². The molecular formula is C21H20F4N2O3. The maximum atomic E-state index is 13.3. The van der Waals surface area contributed by atoms with E-state index in [1.807, 2.05) is 6.92 Å². The Hall–Kier alpha value is -3.10. The van der Waals surface area contributed by atoms with E-state index in [4.69, 9.17) is 9.47 Å². The lowest BCUT2D eigenvalue weighted by Crippen LogP contribution is -2.20. The second-order valence-corrected chi connectivity index (χ2v) is 6.58. The van der Waals surface area contributed by atoms with Crippen molar-refractivity contribution in [1.82, 2.24) is 9.55 Å². The van der Waals surface area contributed by atoms with Crippen LogP contribution >= 0.6 is 0 Å². The molecule has 2 aromatic heterocycles. The van der Waals surface area contributed by atoms with Gasteiger partial charge in [0, 0.05) is 12.6 Å². The fourth-order valence-corrected chi connectivity index (χ4v) is 3.23. The summed E-state index contributed by atoms with van der Waals surface area (Å²) in [5.74, 6) is -1.47. The first-order valence-electron chi connectivity index (χ1n) is 9.31. The Kier molecular flexibility index (Phi) is 6.00. The third-order valence-electron chi connectivity index (χ3n) is 4.53. The van der Waals surface area contributed by atoms with Crippen LogP contribution in [-0.2, 0) is 18.2 Å². The van der Waals surface area contributed by atoms with E-state index in [9.17, 15) is 22.4 Å². The van der Waals surface area contributed by atoms with Crippen molar-refractivity contribution >= 4 is 17.0 Å². The van der Waals surface area contributed by atoms with Crippen LogP contribution in [0.15, 0.2) is 30.3 Å². The normalized spacial score (nSPS) is 11.7. The predicted octanol–water partition coefficient (Wildman–Crippen LogP) is 5.06. The standard InChI is InChI=1S/C21H20F4N2O3/c1-4-16-14(12-6-8-13(22)9-7-12)10-15-18(30-11-21(23,24)25)17(20(28)29-5-2)27(3)19(15)26-16/h6-10H,4-5,11H2,1-3H3. The molecule has 5 nitrogen and oxygen atoms in total. The van der Waals surface area contributed by atoms with Gasteiger partial charge in [0.25, 0.3) is 0 Å². The molecule has 0 N–H and O–H groups in total. The molecule has 0 atom stereocenters. The third kappa shape index (κ3) is 4.24. The predicted molar refractivity (Wildman–Crippen MR) is 103 cm³/mol. The number of fused-ring (bicyclic) bond motifs is 1. The Morgan fingerprint density at radius 1 is 1.17 bits per heavy atom. The molecule has 0 saturated heterocycles. The first-order chi connectivity index (χ1) is 14.2. The molecule has 0 aliphatic heterocycles. The summed E-state index contributed by atoms with van der Waals surface area (Å²) in [7, 11) is 1.51. The van der Waals surface area contributed by atoms with Gasteiger partial charge in [-0.15, -0.1) is 0 Å². The van der Waals surface area contributed by atoms with Crippen LogP contribution in [0.25, 0.3) is 22.2 Å². The molecule has 0 fully saturated rings. The van der Waals surface area contributed by atoms with Crippen LogP contribution in [0.4, 0.5) is 17.6 Å². The molecule has 30 heavy (non-hydrogen) atoms. The molecule has 0 aliphatic carbocycles. The lowest BCUT2D eigenvalue weighted by Gasteiger charge is -2.11. The van der Waals surface area contributed by atoms with Crippen molar-refractivity contribution in [2.75, 3.05) is 13.2 Å². The topological polar surface area (TPSA) is 53.4 Å². The Labute approximate surface area is 170 Å². The average Bonchev–Trinajstić information content (AvgIpc) is 2.97. The van der Waals surface area contributed by atoms with Crippen LogP contribution in [0.5, 0.6) is 5.75 Å². The summed E-state index contributed by atoms with van der Waals surface area (Å²) in [6.07, 6.45) is -4.08. The number of ether oxygens (including phenoxy) is 2. The van der Waals surface area contributed by atoms with Gasteiger partial charge in [0.2, 0.25) is 0 Å². The van der Waals surface area contributed by atoms with Crippen molar-refractivity contribution in [3.63, 3.8) is 0 Å². The molecule has 9 heteroatoms. The number of esters is 1. The highest BCUT2D eigenvalue weighted by Gasteiger charge is 2.32. The fourth-order valence-electron chi connectivity index (χ4n) is 3.23. The summed E-state index contributed by atoms with van der Waals surface area (Å²) in [5, 5.41) is 0.237. The lowest BCUT2D eigenvalue weighted by molar-refractivity contribution is -0.153. The number of hydrogen-bond acceptors (Lipinski definition) is 4. The number of hydrogen-bond donors (Lipinski definition) is 0. The number of nitrogens with zero attached hydrogens (tertiary/aromatic N) is 2. The van der Waals surface area contributed by atoms with Gasteiger partial charge in [0.1, 0.15) is 11.5 Å². The fraction of sp³-hybridized carbons (Fsp3) is 0.333. The molecule has 0 saturated carbocycles. The Balaban J connectivity index is 2.26. The molecule has 0 amide bonds. The molecule has 0 radical (unpaired) electrons. The van der Waals surface area contributed by atoms with E-state index >= 15 is 0 Å². The van der Waals surface area contributed by atoms with Gasteiger partial charge in [-0.3, -0.25) is 0 Å². The molecule has 2 heterocycles. The minimum Gasteiger partial charge on any atom is -0.481 e. The number of carbonyl (C=O) groups excluding carboxylic acids is 1. The van der Waals surface area contributed by atoms with Gasteiger partial charge in [-0.05, 0) is 37.1 Å². The summed E-state index contributed by atoms with van der Waals surface area (Å²) in [6, 6.07) is 7.30. The summed E-state index contributed by atoms with van der Waals surface area (Å²) in [4.78, 5) is 17.0. The summed E-state index contributed by atoms with van der Waals surface area (Å²) < 4.78 is 63.2. The molecule has 3 aromatic rings. The Bertz CT molecular complexity index is 1070.